The van der Waals surface area contributed by atoms with Crippen molar-refractivity contribution in [3.8, 4) is 0 Å². The fourth-order valence-corrected chi connectivity index (χ4v) is 0.936. The second-order valence-electron chi connectivity index (χ2n) is 3.84. The van der Waals surface area contributed by atoms with E-state index in [1.807, 2.05) is 0 Å². The Balaban J connectivity index is 0. The lowest BCUT2D eigenvalue weighted by atomic mass is 10.1. The zero-order valence-corrected chi connectivity index (χ0v) is 10.6. The van der Waals surface area contributed by atoms with Gasteiger partial charge in [0.15, 0.2) is 0 Å². The van der Waals surface area contributed by atoms with Gasteiger partial charge in [-0.2, -0.15) is 0 Å². The molecule has 0 aromatic carbocycles. The second-order valence-corrected chi connectivity index (χ2v) is 3.84. The number of carbonyl (C=O) groups is 3. The molecule has 0 aromatic rings. The molecular formula is C10H22N4O5. The van der Waals surface area contributed by atoms with Crippen LogP contribution in [0.25, 0.3) is 0 Å². The van der Waals surface area contributed by atoms with E-state index in [1.165, 1.54) is 0 Å². The number of unbranched alkanes of at least 4 members (excludes halogenated alkanes) is 1. The van der Waals surface area contributed by atoms with Gasteiger partial charge in [0.05, 0.1) is 6.42 Å². The maximum absolute atomic E-state index is 10.1. The molecule has 10 N–H and O–H groups in total. The van der Waals surface area contributed by atoms with Crippen molar-refractivity contribution in [1.82, 2.24) is 0 Å². The highest BCUT2D eigenvalue weighted by molar-refractivity contribution is 5.83. The molecule has 0 saturated heterocycles. The summed E-state index contributed by atoms with van der Waals surface area (Å²) >= 11 is 0. The number of carboxylic acids is 2. The van der Waals surface area contributed by atoms with Gasteiger partial charge < -0.3 is 33.1 Å². The van der Waals surface area contributed by atoms with Crippen molar-refractivity contribution in [2.24, 2.45) is 22.9 Å². The van der Waals surface area contributed by atoms with Crippen molar-refractivity contribution >= 4 is 17.8 Å². The molecule has 0 rings (SSSR count). The van der Waals surface area contributed by atoms with E-state index >= 15 is 0 Å². The van der Waals surface area contributed by atoms with Gasteiger partial charge in [-0.15, -0.1) is 0 Å². The maximum atomic E-state index is 10.1. The standard InChI is InChI=1S/C6H14N2O2.C4H8N2O3/c7-4-2-1-3-5(8)6(9)10;5-2(4(8)9)1-3(6)7/h5H,1-4,7-8H2,(H,9,10);2H,1,5H2,(H2,6,7)(H,8,9). The van der Waals surface area contributed by atoms with Crippen LogP contribution in [0.15, 0.2) is 0 Å². The molecule has 0 spiro atoms. The van der Waals surface area contributed by atoms with Crippen LogP contribution >= 0.6 is 0 Å². The summed E-state index contributed by atoms with van der Waals surface area (Å²) in [7, 11) is 0. The molecule has 0 aromatic heterocycles. The van der Waals surface area contributed by atoms with E-state index < -0.39 is 29.9 Å². The summed E-state index contributed by atoms with van der Waals surface area (Å²) in [6.07, 6.45) is 1.85. The predicted octanol–water partition coefficient (Wildman–Crippen LogP) is -2.20. The van der Waals surface area contributed by atoms with Gasteiger partial charge in [0.2, 0.25) is 5.91 Å². The molecule has 0 fully saturated rings. The van der Waals surface area contributed by atoms with E-state index in [2.05, 4.69) is 5.73 Å². The molecule has 112 valence electrons. The van der Waals surface area contributed by atoms with Gasteiger partial charge in [0.25, 0.3) is 0 Å². The predicted molar refractivity (Wildman–Crippen MR) is 67.9 cm³/mol. The lowest BCUT2D eigenvalue weighted by molar-refractivity contribution is -0.140. The summed E-state index contributed by atoms with van der Waals surface area (Å²) in [5.74, 6) is -2.85. The number of carboxylic acid groups (broad SMARTS) is 2. The SMILES string of the molecule is NC(=O)CC(N)C(=O)O.NCCCCC(N)C(=O)O. The summed E-state index contributed by atoms with van der Waals surface area (Å²) < 4.78 is 0. The van der Waals surface area contributed by atoms with E-state index in [1.54, 1.807) is 0 Å². The Labute approximate surface area is 110 Å². The molecular weight excluding hydrogens is 256 g/mol. The molecule has 2 unspecified atom stereocenters. The molecule has 1 amide bonds. The van der Waals surface area contributed by atoms with Crippen molar-refractivity contribution < 1.29 is 24.6 Å². The highest BCUT2D eigenvalue weighted by atomic mass is 16.4. The topological polar surface area (TPSA) is 196 Å². The summed E-state index contributed by atoms with van der Waals surface area (Å²) in [5, 5.41) is 16.4. The Morgan fingerprint density at radius 1 is 0.947 bits per heavy atom. The number of aliphatic carboxylic acids is 2. The molecule has 0 aliphatic carbocycles. The van der Waals surface area contributed by atoms with Crippen molar-refractivity contribution in [3.63, 3.8) is 0 Å². The maximum Gasteiger partial charge on any atom is 0.321 e. The van der Waals surface area contributed by atoms with Crippen LogP contribution in [0.4, 0.5) is 0 Å². The first-order valence-electron chi connectivity index (χ1n) is 5.67. The molecule has 2 atom stereocenters. The Morgan fingerprint density at radius 2 is 1.42 bits per heavy atom. The third-order valence-electron chi connectivity index (χ3n) is 2.02. The highest BCUT2D eigenvalue weighted by Crippen LogP contribution is 1.96. The monoisotopic (exact) mass is 278 g/mol. The molecule has 0 heterocycles. The van der Waals surface area contributed by atoms with Crippen LogP contribution in [0, 0.1) is 0 Å². The minimum Gasteiger partial charge on any atom is -0.480 e. The fourth-order valence-electron chi connectivity index (χ4n) is 0.936. The largest absolute Gasteiger partial charge is 0.480 e. The van der Waals surface area contributed by atoms with Gasteiger partial charge >= 0.3 is 11.9 Å². The van der Waals surface area contributed by atoms with E-state index in [0.29, 0.717) is 13.0 Å². The molecule has 0 radical (unpaired) electrons. The summed E-state index contributed by atoms with van der Waals surface area (Å²) in [5.41, 5.74) is 20.0. The number of rotatable bonds is 8. The number of amides is 1. The van der Waals surface area contributed by atoms with Gasteiger partial charge in [-0.3, -0.25) is 14.4 Å². The van der Waals surface area contributed by atoms with Gasteiger partial charge in [-0.1, -0.05) is 6.42 Å². The Kier molecular flexibility index (Phi) is 11.8. The molecule has 19 heavy (non-hydrogen) atoms. The average molecular weight is 278 g/mol. The second kappa shape index (κ2) is 11.4. The minimum absolute atomic E-state index is 0.310. The van der Waals surface area contributed by atoms with E-state index in [4.69, 9.17) is 27.4 Å². The van der Waals surface area contributed by atoms with Crippen LogP contribution in [0.3, 0.4) is 0 Å². The third-order valence-corrected chi connectivity index (χ3v) is 2.02. The highest BCUT2D eigenvalue weighted by Gasteiger charge is 2.13. The minimum atomic E-state index is -1.21. The number of hydrogen-bond donors (Lipinski definition) is 6. The first kappa shape index (κ1) is 19.6. The zero-order valence-electron chi connectivity index (χ0n) is 10.6. The lowest BCUT2D eigenvalue weighted by Gasteiger charge is -2.03. The van der Waals surface area contributed by atoms with Crippen LogP contribution in [-0.4, -0.2) is 46.7 Å². The molecule has 0 saturated carbocycles. The molecule has 0 bridgehead atoms. The van der Waals surface area contributed by atoms with Gasteiger partial charge in [-0.25, -0.2) is 0 Å². The molecule has 9 nitrogen and oxygen atoms in total. The van der Waals surface area contributed by atoms with Crippen molar-refractivity contribution in [2.45, 2.75) is 37.8 Å². The first-order chi connectivity index (χ1) is 8.72. The summed E-state index contributed by atoms with van der Waals surface area (Å²) in [4.78, 5) is 30.0. The molecule has 0 aliphatic heterocycles. The lowest BCUT2D eigenvalue weighted by Crippen LogP contribution is -2.34. The van der Waals surface area contributed by atoms with E-state index in [-0.39, 0.29) is 6.42 Å². The number of nitrogens with two attached hydrogens (primary N) is 4. The molecule has 9 heteroatoms. The van der Waals surface area contributed by atoms with Crippen molar-refractivity contribution in [1.29, 1.82) is 0 Å². The van der Waals surface area contributed by atoms with Crippen LogP contribution in [0.5, 0.6) is 0 Å². The zero-order chi connectivity index (χ0) is 15.4. The Bertz CT molecular complexity index is 298. The summed E-state index contributed by atoms with van der Waals surface area (Å²) in [6, 6.07) is -1.88. The Hall–Kier alpha value is -1.71. The van der Waals surface area contributed by atoms with Gasteiger partial charge in [0.1, 0.15) is 12.1 Å². The smallest absolute Gasteiger partial charge is 0.321 e. The van der Waals surface area contributed by atoms with Crippen LogP contribution < -0.4 is 22.9 Å². The molecule has 0 aliphatic rings. The Morgan fingerprint density at radius 3 is 1.68 bits per heavy atom. The van der Waals surface area contributed by atoms with Crippen molar-refractivity contribution in [3.05, 3.63) is 0 Å². The van der Waals surface area contributed by atoms with Gasteiger partial charge in [0, 0.05) is 0 Å². The quantitative estimate of drug-likeness (QED) is 0.269. The van der Waals surface area contributed by atoms with Crippen LogP contribution in [-0.2, 0) is 14.4 Å². The van der Waals surface area contributed by atoms with E-state index in [9.17, 15) is 14.4 Å². The van der Waals surface area contributed by atoms with Crippen molar-refractivity contribution in [2.75, 3.05) is 6.54 Å². The number of hydrogen-bond acceptors (Lipinski definition) is 6. The third kappa shape index (κ3) is 14.2. The summed E-state index contributed by atoms with van der Waals surface area (Å²) in [6.45, 7) is 0.604. The van der Waals surface area contributed by atoms with Gasteiger partial charge in [-0.05, 0) is 19.4 Å². The normalized spacial score (nSPS) is 12.8. The average Bonchev–Trinajstić information content (AvgIpc) is 2.28. The first-order valence-corrected chi connectivity index (χ1v) is 5.67. The number of carbonyl (C=O) groups excluding carboxylic acids is 1. The number of primary amides is 1. The van der Waals surface area contributed by atoms with E-state index in [0.717, 1.165) is 12.8 Å². The van der Waals surface area contributed by atoms with Crippen LogP contribution in [0.2, 0.25) is 0 Å². The fraction of sp³-hybridized carbons (Fsp3) is 0.700. The van der Waals surface area contributed by atoms with Crippen LogP contribution in [0.1, 0.15) is 25.7 Å².